The zero-order chi connectivity index (χ0) is 14.1. The van der Waals surface area contributed by atoms with E-state index < -0.39 is 11.9 Å². The van der Waals surface area contributed by atoms with Gasteiger partial charge in [0, 0.05) is 18.7 Å². The highest BCUT2D eigenvalue weighted by Gasteiger charge is 2.12. The van der Waals surface area contributed by atoms with Gasteiger partial charge in [-0.25, -0.2) is 4.39 Å². The molecule has 0 aliphatic rings. The van der Waals surface area contributed by atoms with Gasteiger partial charge in [0.1, 0.15) is 12.7 Å². The molecule has 0 aliphatic carbocycles. The zero-order valence-corrected chi connectivity index (χ0v) is 11.5. The average molecular weight is 271 g/mol. The summed E-state index contributed by atoms with van der Waals surface area (Å²) >= 11 is 0. The number of ether oxygens (including phenoxy) is 2. The first-order valence-electron chi connectivity index (χ1n) is 6.55. The molecular formula is C14H22FNO3. The first kappa shape index (κ1) is 15.9. The van der Waals surface area contributed by atoms with Crippen molar-refractivity contribution in [1.29, 1.82) is 0 Å². The van der Waals surface area contributed by atoms with Crippen LogP contribution in [-0.4, -0.2) is 37.6 Å². The number of aliphatic hydroxyl groups excluding tert-OH is 1. The molecule has 5 heteroatoms. The van der Waals surface area contributed by atoms with E-state index >= 15 is 0 Å². The summed E-state index contributed by atoms with van der Waals surface area (Å²) in [5.74, 6) is -0.224. The standard InChI is InChI=1S/C14H22FNO3/c1-3-16-8-11-6-5-7-13(15)14(11)19-10-12(17)9-18-4-2/h5-7,12,16-17H,3-4,8-10H2,1-2H3. The van der Waals surface area contributed by atoms with Gasteiger partial charge < -0.3 is 19.9 Å². The van der Waals surface area contributed by atoms with Crippen molar-refractivity contribution >= 4 is 0 Å². The molecule has 0 heterocycles. The fraction of sp³-hybridized carbons (Fsp3) is 0.571. The molecular weight excluding hydrogens is 249 g/mol. The Morgan fingerprint density at radius 3 is 2.79 bits per heavy atom. The van der Waals surface area contributed by atoms with Gasteiger partial charge in [-0.2, -0.15) is 0 Å². The molecule has 1 unspecified atom stereocenters. The Hall–Kier alpha value is -1.17. The van der Waals surface area contributed by atoms with Gasteiger partial charge in [-0.1, -0.05) is 19.1 Å². The van der Waals surface area contributed by atoms with Crippen molar-refractivity contribution in [2.45, 2.75) is 26.5 Å². The first-order chi connectivity index (χ1) is 9.19. The molecule has 0 fully saturated rings. The first-order valence-corrected chi connectivity index (χ1v) is 6.55. The number of hydrogen-bond acceptors (Lipinski definition) is 4. The van der Waals surface area contributed by atoms with Crippen LogP contribution in [0.15, 0.2) is 18.2 Å². The number of aliphatic hydroxyl groups is 1. The van der Waals surface area contributed by atoms with Crippen molar-refractivity contribution < 1.29 is 19.0 Å². The molecule has 4 nitrogen and oxygen atoms in total. The van der Waals surface area contributed by atoms with E-state index in [4.69, 9.17) is 9.47 Å². The lowest BCUT2D eigenvalue weighted by Gasteiger charge is -2.15. The van der Waals surface area contributed by atoms with E-state index in [1.807, 2.05) is 13.8 Å². The Bertz CT molecular complexity index is 374. The van der Waals surface area contributed by atoms with Crippen LogP contribution in [0.2, 0.25) is 0 Å². The molecule has 1 aromatic carbocycles. The Labute approximate surface area is 113 Å². The number of rotatable bonds is 9. The van der Waals surface area contributed by atoms with Crippen molar-refractivity contribution in [2.75, 3.05) is 26.4 Å². The van der Waals surface area contributed by atoms with E-state index in [0.29, 0.717) is 13.2 Å². The summed E-state index contributed by atoms with van der Waals surface area (Å²) < 4.78 is 24.2. The Balaban J connectivity index is 2.60. The van der Waals surface area contributed by atoms with Crippen LogP contribution in [0.5, 0.6) is 5.75 Å². The van der Waals surface area contributed by atoms with E-state index in [9.17, 15) is 9.50 Å². The molecule has 0 radical (unpaired) electrons. The summed E-state index contributed by atoms with van der Waals surface area (Å²) in [6, 6.07) is 4.79. The summed E-state index contributed by atoms with van der Waals surface area (Å²) in [7, 11) is 0. The van der Waals surface area contributed by atoms with E-state index in [2.05, 4.69) is 5.32 Å². The largest absolute Gasteiger partial charge is 0.487 e. The monoisotopic (exact) mass is 271 g/mol. The highest BCUT2D eigenvalue weighted by Crippen LogP contribution is 2.22. The molecule has 0 spiro atoms. The van der Waals surface area contributed by atoms with Gasteiger partial charge in [-0.15, -0.1) is 0 Å². The highest BCUT2D eigenvalue weighted by atomic mass is 19.1. The van der Waals surface area contributed by atoms with Gasteiger partial charge in [0.25, 0.3) is 0 Å². The molecule has 2 N–H and O–H groups in total. The number of benzene rings is 1. The molecule has 0 saturated heterocycles. The Kier molecular flexibility index (Phi) is 7.40. The van der Waals surface area contributed by atoms with Gasteiger partial charge in [0.15, 0.2) is 11.6 Å². The normalized spacial score (nSPS) is 12.4. The van der Waals surface area contributed by atoms with Gasteiger partial charge >= 0.3 is 0 Å². The van der Waals surface area contributed by atoms with Crippen molar-refractivity contribution in [3.63, 3.8) is 0 Å². The molecule has 0 bridgehead atoms. The second kappa shape index (κ2) is 8.85. The Morgan fingerprint density at radius 2 is 2.11 bits per heavy atom. The minimum Gasteiger partial charge on any atom is -0.487 e. The molecule has 1 rings (SSSR count). The van der Waals surface area contributed by atoms with Gasteiger partial charge in [-0.3, -0.25) is 0 Å². The predicted octanol–water partition coefficient (Wildman–Crippen LogP) is 1.71. The van der Waals surface area contributed by atoms with Crippen molar-refractivity contribution in [1.82, 2.24) is 5.32 Å². The quantitative estimate of drug-likeness (QED) is 0.718. The SMILES string of the molecule is CCNCc1cccc(F)c1OCC(O)COCC. The molecule has 1 atom stereocenters. The molecule has 0 aliphatic heterocycles. The lowest BCUT2D eigenvalue weighted by molar-refractivity contribution is 0.0155. The van der Waals surface area contributed by atoms with Crippen LogP contribution in [0, 0.1) is 5.82 Å². The molecule has 0 saturated carbocycles. The van der Waals surface area contributed by atoms with Gasteiger partial charge in [0.2, 0.25) is 0 Å². The average Bonchev–Trinajstić information content (AvgIpc) is 2.41. The molecule has 0 aromatic heterocycles. The number of nitrogens with one attached hydrogen (secondary N) is 1. The van der Waals surface area contributed by atoms with Crippen molar-refractivity contribution in [3.05, 3.63) is 29.6 Å². The minimum absolute atomic E-state index is 0.0139. The number of para-hydroxylation sites is 1. The smallest absolute Gasteiger partial charge is 0.165 e. The van der Waals surface area contributed by atoms with Gasteiger partial charge in [0.05, 0.1) is 6.61 Å². The summed E-state index contributed by atoms with van der Waals surface area (Å²) in [4.78, 5) is 0. The summed E-state index contributed by atoms with van der Waals surface area (Å²) in [5.41, 5.74) is 0.741. The third-order valence-electron chi connectivity index (χ3n) is 2.55. The van der Waals surface area contributed by atoms with Crippen LogP contribution in [0.3, 0.4) is 0 Å². The third kappa shape index (κ3) is 5.55. The summed E-state index contributed by atoms with van der Waals surface area (Å²) in [5, 5.41) is 12.7. The fourth-order valence-corrected chi connectivity index (χ4v) is 1.60. The summed E-state index contributed by atoms with van der Waals surface area (Å²) in [6.07, 6.45) is -0.758. The predicted molar refractivity (Wildman–Crippen MR) is 71.8 cm³/mol. The van der Waals surface area contributed by atoms with Crippen LogP contribution in [0.1, 0.15) is 19.4 Å². The van der Waals surface area contributed by atoms with Crippen LogP contribution >= 0.6 is 0 Å². The van der Waals surface area contributed by atoms with E-state index in [-0.39, 0.29) is 19.0 Å². The van der Waals surface area contributed by atoms with Gasteiger partial charge in [-0.05, 0) is 19.5 Å². The van der Waals surface area contributed by atoms with Crippen LogP contribution < -0.4 is 10.1 Å². The maximum atomic E-state index is 13.7. The number of halogens is 1. The topological polar surface area (TPSA) is 50.7 Å². The van der Waals surface area contributed by atoms with Crippen LogP contribution in [0.25, 0.3) is 0 Å². The molecule has 108 valence electrons. The number of hydrogen-bond donors (Lipinski definition) is 2. The fourth-order valence-electron chi connectivity index (χ4n) is 1.60. The van der Waals surface area contributed by atoms with Crippen LogP contribution in [-0.2, 0) is 11.3 Å². The lowest BCUT2D eigenvalue weighted by Crippen LogP contribution is -2.24. The van der Waals surface area contributed by atoms with Crippen LogP contribution in [0.4, 0.5) is 4.39 Å². The zero-order valence-electron chi connectivity index (χ0n) is 11.5. The Morgan fingerprint density at radius 1 is 1.32 bits per heavy atom. The lowest BCUT2D eigenvalue weighted by atomic mass is 10.2. The second-order valence-electron chi connectivity index (χ2n) is 4.13. The van der Waals surface area contributed by atoms with E-state index in [1.54, 1.807) is 12.1 Å². The van der Waals surface area contributed by atoms with Crippen molar-refractivity contribution in [2.24, 2.45) is 0 Å². The minimum atomic E-state index is -0.758. The van der Waals surface area contributed by atoms with E-state index in [1.165, 1.54) is 6.07 Å². The highest BCUT2D eigenvalue weighted by molar-refractivity contribution is 5.34. The molecule has 1 aromatic rings. The third-order valence-corrected chi connectivity index (χ3v) is 2.55. The molecule has 19 heavy (non-hydrogen) atoms. The maximum Gasteiger partial charge on any atom is 0.165 e. The summed E-state index contributed by atoms with van der Waals surface area (Å²) in [6.45, 7) is 5.88. The van der Waals surface area contributed by atoms with Crippen molar-refractivity contribution in [3.8, 4) is 5.75 Å². The molecule has 0 amide bonds. The van der Waals surface area contributed by atoms with E-state index in [0.717, 1.165) is 12.1 Å². The maximum absolute atomic E-state index is 13.7. The second-order valence-corrected chi connectivity index (χ2v) is 4.13.